The Bertz CT molecular complexity index is 1200. The molecule has 32 heavy (non-hydrogen) atoms. The number of likely N-dealkylation sites (N-methyl/N-ethyl adjacent to an activating group) is 1. The highest BCUT2D eigenvalue weighted by molar-refractivity contribution is 6.01. The number of aryl methyl sites for hydroxylation is 1. The number of hydrogen-bond donors (Lipinski definition) is 1. The summed E-state index contributed by atoms with van der Waals surface area (Å²) in [7, 11) is 1.60. The van der Waals surface area contributed by atoms with Crippen LogP contribution in [0, 0.1) is 6.92 Å². The molecule has 0 unspecified atom stereocenters. The van der Waals surface area contributed by atoms with Crippen LogP contribution in [0.5, 0.6) is 0 Å². The molecule has 2 aromatic carbocycles. The monoisotopic (exact) mass is 428 g/mol. The minimum absolute atomic E-state index is 0.0800. The third kappa shape index (κ3) is 4.78. The number of nitrogens with one attached hydrogen (secondary N) is 1. The summed E-state index contributed by atoms with van der Waals surface area (Å²) in [6.07, 6.45) is 3.26. The topological polar surface area (TPSA) is 80.4 Å². The van der Waals surface area contributed by atoms with Crippen LogP contribution in [0.2, 0.25) is 0 Å². The van der Waals surface area contributed by atoms with Crippen LogP contribution in [-0.2, 0) is 11.3 Å². The van der Waals surface area contributed by atoms with E-state index < -0.39 is 0 Å². The number of aromatic nitrogens is 2. The van der Waals surface area contributed by atoms with Gasteiger partial charge in [-0.3, -0.25) is 9.59 Å². The predicted octanol–water partition coefficient (Wildman–Crippen LogP) is 3.83. The zero-order valence-electron chi connectivity index (χ0n) is 18.0. The standard InChI is InChI=1S/C25H24N4O3/c1-18-10-12-19(13-11-18)24-22(16-29(27-24)20-7-4-3-5-8-20)25(31)28(2)17-23(30)26-15-21-9-6-14-32-21/h3-14,16H,15,17H2,1-2H3,(H,26,30). The third-order valence-electron chi connectivity index (χ3n) is 5.06. The molecule has 2 amide bonds. The summed E-state index contributed by atoms with van der Waals surface area (Å²) in [5, 5.41) is 7.45. The summed E-state index contributed by atoms with van der Waals surface area (Å²) in [5.74, 6) is 0.0959. The summed E-state index contributed by atoms with van der Waals surface area (Å²) < 4.78 is 6.90. The normalized spacial score (nSPS) is 10.7. The van der Waals surface area contributed by atoms with Gasteiger partial charge < -0.3 is 14.6 Å². The molecular weight excluding hydrogens is 404 g/mol. The molecule has 2 heterocycles. The maximum atomic E-state index is 13.3. The van der Waals surface area contributed by atoms with Crippen molar-refractivity contribution in [3.8, 4) is 16.9 Å². The molecule has 0 radical (unpaired) electrons. The fourth-order valence-electron chi connectivity index (χ4n) is 3.32. The third-order valence-corrected chi connectivity index (χ3v) is 5.06. The van der Waals surface area contributed by atoms with Gasteiger partial charge in [0.2, 0.25) is 5.91 Å². The van der Waals surface area contributed by atoms with Gasteiger partial charge in [-0.2, -0.15) is 5.10 Å². The Morgan fingerprint density at radius 1 is 1.03 bits per heavy atom. The zero-order chi connectivity index (χ0) is 22.5. The van der Waals surface area contributed by atoms with Gasteiger partial charge in [0.05, 0.1) is 30.6 Å². The lowest BCUT2D eigenvalue weighted by Gasteiger charge is -2.16. The molecule has 7 nitrogen and oxygen atoms in total. The zero-order valence-corrected chi connectivity index (χ0v) is 18.0. The highest BCUT2D eigenvalue weighted by Crippen LogP contribution is 2.25. The smallest absolute Gasteiger partial charge is 0.257 e. The summed E-state index contributed by atoms with van der Waals surface area (Å²) in [4.78, 5) is 27.0. The number of para-hydroxylation sites is 1. The molecular formula is C25H24N4O3. The first-order chi connectivity index (χ1) is 15.5. The average Bonchev–Trinajstić information content (AvgIpc) is 3.48. The van der Waals surface area contributed by atoms with Crippen molar-refractivity contribution >= 4 is 11.8 Å². The predicted molar refractivity (Wildman–Crippen MR) is 121 cm³/mol. The first kappa shape index (κ1) is 21.1. The molecule has 0 atom stereocenters. The van der Waals surface area contributed by atoms with Crippen LogP contribution in [0.1, 0.15) is 21.7 Å². The van der Waals surface area contributed by atoms with Crippen LogP contribution >= 0.6 is 0 Å². The van der Waals surface area contributed by atoms with Crippen LogP contribution < -0.4 is 5.32 Å². The molecule has 0 aliphatic heterocycles. The fraction of sp³-hybridized carbons (Fsp3) is 0.160. The fourth-order valence-corrected chi connectivity index (χ4v) is 3.32. The largest absolute Gasteiger partial charge is 0.467 e. The van der Waals surface area contributed by atoms with Crippen molar-refractivity contribution in [1.29, 1.82) is 0 Å². The lowest BCUT2D eigenvalue weighted by molar-refractivity contribution is -0.121. The summed E-state index contributed by atoms with van der Waals surface area (Å²) >= 11 is 0. The van der Waals surface area contributed by atoms with Crippen LogP contribution in [0.15, 0.2) is 83.6 Å². The van der Waals surface area contributed by atoms with Crippen LogP contribution in [-0.4, -0.2) is 40.1 Å². The van der Waals surface area contributed by atoms with E-state index in [1.807, 2.05) is 61.5 Å². The lowest BCUT2D eigenvalue weighted by atomic mass is 10.1. The number of carbonyl (C=O) groups is 2. The molecule has 0 aliphatic carbocycles. The van der Waals surface area contributed by atoms with E-state index in [0.717, 1.165) is 16.8 Å². The van der Waals surface area contributed by atoms with Crippen molar-refractivity contribution in [2.75, 3.05) is 13.6 Å². The second-order valence-electron chi connectivity index (χ2n) is 7.55. The number of amides is 2. The Labute approximate surface area is 186 Å². The van der Waals surface area contributed by atoms with Gasteiger partial charge in [0.25, 0.3) is 5.91 Å². The minimum Gasteiger partial charge on any atom is -0.467 e. The van der Waals surface area contributed by atoms with E-state index in [0.29, 0.717) is 17.0 Å². The van der Waals surface area contributed by atoms with Gasteiger partial charge in [-0.25, -0.2) is 4.68 Å². The van der Waals surface area contributed by atoms with Gasteiger partial charge in [-0.05, 0) is 31.2 Å². The molecule has 0 fully saturated rings. The van der Waals surface area contributed by atoms with E-state index in [1.54, 1.807) is 36.3 Å². The Morgan fingerprint density at radius 3 is 2.47 bits per heavy atom. The molecule has 7 heteroatoms. The lowest BCUT2D eigenvalue weighted by Crippen LogP contribution is -2.38. The number of carbonyl (C=O) groups excluding carboxylic acids is 2. The molecule has 4 rings (SSSR count). The quantitative estimate of drug-likeness (QED) is 0.485. The van der Waals surface area contributed by atoms with Crippen molar-refractivity contribution < 1.29 is 14.0 Å². The summed E-state index contributed by atoms with van der Waals surface area (Å²) in [6, 6.07) is 21.0. The van der Waals surface area contributed by atoms with Crippen molar-refractivity contribution in [2.45, 2.75) is 13.5 Å². The number of benzene rings is 2. The Morgan fingerprint density at radius 2 is 1.78 bits per heavy atom. The Kier molecular flexibility index (Phi) is 6.17. The molecule has 4 aromatic rings. The first-order valence-electron chi connectivity index (χ1n) is 10.3. The van der Waals surface area contributed by atoms with E-state index in [9.17, 15) is 9.59 Å². The summed E-state index contributed by atoms with van der Waals surface area (Å²) in [5.41, 5.74) is 3.80. The van der Waals surface area contributed by atoms with Crippen molar-refractivity contribution in [3.05, 3.63) is 96.1 Å². The van der Waals surface area contributed by atoms with Gasteiger partial charge in [-0.1, -0.05) is 48.0 Å². The van der Waals surface area contributed by atoms with Gasteiger partial charge in [0.1, 0.15) is 11.5 Å². The maximum absolute atomic E-state index is 13.3. The average molecular weight is 428 g/mol. The Hall–Kier alpha value is -4.13. The molecule has 0 aliphatic rings. The molecule has 162 valence electrons. The van der Waals surface area contributed by atoms with Gasteiger partial charge in [0, 0.05) is 18.8 Å². The first-order valence-corrected chi connectivity index (χ1v) is 10.3. The summed E-state index contributed by atoms with van der Waals surface area (Å²) in [6.45, 7) is 2.20. The van der Waals surface area contributed by atoms with Gasteiger partial charge in [0.15, 0.2) is 0 Å². The maximum Gasteiger partial charge on any atom is 0.257 e. The molecule has 0 bridgehead atoms. The molecule has 0 saturated heterocycles. The van der Waals surface area contributed by atoms with E-state index in [1.165, 1.54) is 4.90 Å². The van der Waals surface area contributed by atoms with Crippen LogP contribution in [0.25, 0.3) is 16.9 Å². The molecule has 0 spiro atoms. The highest BCUT2D eigenvalue weighted by atomic mass is 16.3. The number of hydrogen-bond acceptors (Lipinski definition) is 4. The molecule has 1 N–H and O–H groups in total. The number of rotatable bonds is 7. The molecule has 2 aromatic heterocycles. The van der Waals surface area contributed by atoms with Gasteiger partial charge >= 0.3 is 0 Å². The molecule has 0 saturated carbocycles. The highest BCUT2D eigenvalue weighted by Gasteiger charge is 2.23. The van der Waals surface area contributed by atoms with Crippen molar-refractivity contribution in [3.63, 3.8) is 0 Å². The van der Waals surface area contributed by atoms with E-state index >= 15 is 0 Å². The van der Waals surface area contributed by atoms with Crippen LogP contribution in [0.3, 0.4) is 0 Å². The van der Waals surface area contributed by atoms with E-state index in [-0.39, 0.29) is 24.9 Å². The van der Waals surface area contributed by atoms with Gasteiger partial charge in [-0.15, -0.1) is 0 Å². The van der Waals surface area contributed by atoms with E-state index in [4.69, 9.17) is 4.42 Å². The minimum atomic E-state index is -0.282. The SMILES string of the molecule is Cc1ccc(-c2nn(-c3ccccc3)cc2C(=O)N(C)CC(=O)NCc2ccco2)cc1. The Balaban J connectivity index is 1.57. The van der Waals surface area contributed by atoms with Crippen molar-refractivity contribution in [2.24, 2.45) is 0 Å². The van der Waals surface area contributed by atoms with Crippen molar-refractivity contribution in [1.82, 2.24) is 20.0 Å². The van der Waals surface area contributed by atoms with Crippen LogP contribution in [0.4, 0.5) is 0 Å². The number of nitrogens with zero attached hydrogens (tertiary/aromatic N) is 3. The second kappa shape index (κ2) is 9.34. The number of furan rings is 1. The second-order valence-corrected chi connectivity index (χ2v) is 7.55. The van der Waals surface area contributed by atoms with E-state index in [2.05, 4.69) is 10.4 Å².